The van der Waals surface area contributed by atoms with E-state index in [1.54, 1.807) is 0 Å². The minimum Gasteiger partial charge on any atom is -0.399 e. The number of benzene rings is 1. The van der Waals surface area contributed by atoms with Gasteiger partial charge < -0.3 is 16.2 Å². The van der Waals surface area contributed by atoms with Gasteiger partial charge in [0.1, 0.15) is 0 Å². The van der Waals surface area contributed by atoms with Crippen LogP contribution in [0.3, 0.4) is 0 Å². The number of aliphatic hydroxyl groups is 1. The van der Waals surface area contributed by atoms with Crippen LogP contribution in [0.1, 0.15) is 44.6 Å². The highest BCUT2D eigenvalue weighted by Gasteiger charge is 2.21. The van der Waals surface area contributed by atoms with Crippen molar-refractivity contribution >= 4 is 11.4 Å². The molecule has 110 valence electrons. The third-order valence-electron chi connectivity index (χ3n) is 4.13. The number of nitrogens with one attached hydrogen (secondary N) is 1. The van der Waals surface area contributed by atoms with Gasteiger partial charge in [-0.1, -0.05) is 25.0 Å². The van der Waals surface area contributed by atoms with E-state index >= 15 is 0 Å². The van der Waals surface area contributed by atoms with Gasteiger partial charge in [-0.25, -0.2) is 0 Å². The first kappa shape index (κ1) is 14.9. The lowest BCUT2D eigenvalue weighted by Gasteiger charge is -2.29. The van der Waals surface area contributed by atoms with E-state index in [4.69, 9.17) is 5.73 Å². The summed E-state index contributed by atoms with van der Waals surface area (Å²) in [5.74, 6) is 0.219. The van der Waals surface area contributed by atoms with E-state index in [1.807, 2.05) is 18.2 Å². The van der Waals surface area contributed by atoms with Crippen LogP contribution in [-0.4, -0.2) is 11.7 Å². The predicted molar refractivity (Wildman–Crippen MR) is 85.6 cm³/mol. The van der Waals surface area contributed by atoms with Gasteiger partial charge in [0.15, 0.2) is 0 Å². The molecule has 3 heteroatoms. The smallest absolute Gasteiger partial charge is 0.0514 e. The molecule has 1 aliphatic rings. The average Bonchev–Trinajstić information content (AvgIpc) is 2.37. The van der Waals surface area contributed by atoms with Crippen LogP contribution in [0.15, 0.2) is 29.5 Å². The van der Waals surface area contributed by atoms with E-state index in [-0.39, 0.29) is 12.5 Å². The van der Waals surface area contributed by atoms with Crippen LogP contribution >= 0.6 is 0 Å². The van der Waals surface area contributed by atoms with Crippen molar-refractivity contribution in [3.05, 3.63) is 35.0 Å². The Hall–Kier alpha value is -1.48. The van der Waals surface area contributed by atoms with Crippen LogP contribution in [-0.2, 0) is 0 Å². The predicted octanol–water partition coefficient (Wildman–Crippen LogP) is 3.84. The Morgan fingerprint density at radius 2 is 2.15 bits per heavy atom. The first-order valence-electron chi connectivity index (χ1n) is 7.61. The molecule has 0 radical (unpaired) electrons. The highest BCUT2D eigenvalue weighted by atomic mass is 16.3. The van der Waals surface area contributed by atoms with Crippen LogP contribution < -0.4 is 11.1 Å². The molecule has 0 spiro atoms. The largest absolute Gasteiger partial charge is 0.399 e. The Labute approximate surface area is 121 Å². The molecule has 1 atom stereocenters. The number of hydrogen-bond donors (Lipinski definition) is 3. The van der Waals surface area contributed by atoms with E-state index in [1.165, 1.54) is 23.3 Å². The molecule has 2 rings (SSSR count). The van der Waals surface area contributed by atoms with Gasteiger partial charge in [-0.2, -0.15) is 0 Å². The van der Waals surface area contributed by atoms with Crippen LogP contribution in [0, 0.1) is 12.8 Å². The van der Waals surface area contributed by atoms with Crippen molar-refractivity contribution in [3.63, 3.8) is 0 Å². The number of allylic oxidation sites excluding steroid dienone is 1. The third kappa shape index (κ3) is 3.34. The molecular weight excluding hydrogens is 248 g/mol. The van der Waals surface area contributed by atoms with Crippen molar-refractivity contribution in [2.75, 3.05) is 17.7 Å². The van der Waals surface area contributed by atoms with Crippen molar-refractivity contribution in [2.45, 2.75) is 46.0 Å². The summed E-state index contributed by atoms with van der Waals surface area (Å²) >= 11 is 0. The Bertz CT molecular complexity index is 488. The number of anilines is 2. The van der Waals surface area contributed by atoms with E-state index in [9.17, 15) is 5.11 Å². The summed E-state index contributed by atoms with van der Waals surface area (Å²) in [6.07, 6.45) is 5.68. The number of hydrogen-bond acceptors (Lipinski definition) is 3. The molecule has 1 unspecified atom stereocenters. The zero-order valence-corrected chi connectivity index (χ0v) is 12.6. The molecule has 20 heavy (non-hydrogen) atoms. The second-order valence-corrected chi connectivity index (χ2v) is 5.74. The summed E-state index contributed by atoms with van der Waals surface area (Å²) in [6.45, 7) is 4.46. The lowest BCUT2D eigenvalue weighted by molar-refractivity contribution is 0.237. The van der Waals surface area contributed by atoms with Gasteiger partial charge in [-0.15, -0.1) is 0 Å². The maximum atomic E-state index is 9.70. The number of aryl methyl sites for hydroxylation is 1. The summed E-state index contributed by atoms with van der Waals surface area (Å²) in [5, 5.41) is 13.3. The molecule has 4 N–H and O–H groups in total. The molecule has 0 aromatic heterocycles. The molecule has 1 aromatic carbocycles. The Morgan fingerprint density at radius 1 is 1.40 bits per heavy atom. The fraction of sp³-hybridized carbons (Fsp3) is 0.529. The van der Waals surface area contributed by atoms with Gasteiger partial charge in [0, 0.05) is 23.0 Å². The standard InChI is InChI=1S/C17H26N2O/c1-3-5-14(11-20)17(13-6-4-7-13)19-16-10-15(18)9-8-12(16)2/h8-10,14,19-20H,3-7,11,18H2,1-2H3. The van der Waals surface area contributed by atoms with Crippen LogP contribution in [0.5, 0.6) is 0 Å². The average molecular weight is 274 g/mol. The molecule has 0 amide bonds. The highest BCUT2D eigenvalue weighted by molar-refractivity contribution is 5.62. The van der Waals surface area contributed by atoms with Crippen molar-refractivity contribution in [1.82, 2.24) is 0 Å². The first-order valence-corrected chi connectivity index (χ1v) is 7.61. The van der Waals surface area contributed by atoms with E-state index in [0.717, 1.165) is 37.1 Å². The normalized spacial score (nSPS) is 15.7. The second-order valence-electron chi connectivity index (χ2n) is 5.74. The molecule has 1 aromatic rings. The summed E-state index contributed by atoms with van der Waals surface area (Å²) in [4.78, 5) is 0. The van der Waals surface area contributed by atoms with Gasteiger partial charge in [-0.05, 0) is 50.3 Å². The molecular formula is C17H26N2O. The van der Waals surface area contributed by atoms with Crippen LogP contribution in [0.4, 0.5) is 11.4 Å². The van der Waals surface area contributed by atoms with E-state index in [0.29, 0.717) is 0 Å². The Kier molecular flexibility index (Phi) is 5.07. The molecule has 1 fully saturated rings. The van der Waals surface area contributed by atoms with Gasteiger partial charge in [0.25, 0.3) is 0 Å². The van der Waals surface area contributed by atoms with Crippen LogP contribution in [0.2, 0.25) is 0 Å². The fourth-order valence-electron chi connectivity index (χ4n) is 2.70. The zero-order valence-electron chi connectivity index (χ0n) is 12.6. The quantitative estimate of drug-likeness (QED) is 0.691. The van der Waals surface area contributed by atoms with Gasteiger partial charge >= 0.3 is 0 Å². The summed E-state index contributed by atoms with van der Waals surface area (Å²) in [6, 6.07) is 5.94. The molecule has 1 saturated carbocycles. The molecule has 1 aliphatic carbocycles. The number of nitrogen functional groups attached to an aromatic ring is 1. The Morgan fingerprint density at radius 3 is 2.70 bits per heavy atom. The summed E-state index contributed by atoms with van der Waals surface area (Å²) in [7, 11) is 0. The van der Waals surface area contributed by atoms with Gasteiger partial charge in [0.2, 0.25) is 0 Å². The van der Waals surface area contributed by atoms with Crippen molar-refractivity contribution < 1.29 is 5.11 Å². The zero-order chi connectivity index (χ0) is 14.5. The third-order valence-corrected chi connectivity index (χ3v) is 4.13. The molecule has 0 bridgehead atoms. The Balaban J connectivity index is 2.26. The minimum absolute atomic E-state index is 0.209. The summed E-state index contributed by atoms with van der Waals surface area (Å²) < 4.78 is 0. The van der Waals surface area contributed by atoms with E-state index < -0.39 is 0 Å². The first-order chi connectivity index (χ1) is 9.65. The van der Waals surface area contributed by atoms with Gasteiger partial charge in [-0.3, -0.25) is 0 Å². The maximum Gasteiger partial charge on any atom is 0.0514 e. The lowest BCUT2D eigenvalue weighted by atomic mass is 9.85. The number of aliphatic hydroxyl groups excluding tert-OH is 1. The number of rotatable bonds is 6. The highest BCUT2D eigenvalue weighted by Crippen LogP contribution is 2.35. The molecule has 0 saturated heterocycles. The van der Waals surface area contributed by atoms with Gasteiger partial charge in [0.05, 0.1) is 6.61 Å². The molecule has 3 nitrogen and oxygen atoms in total. The monoisotopic (exact) mass is 274 g/mol. The van der Waals surface area contributed by atoms with Crippen molar-refractivity contribution in [3.8, 4) is 0 Å². The van der Waals surface area contributed by atoms with Crippen molar-refractivity contribution in [2.24, 2.45) is 5.92 Å². The topological polar surface area (TPSA) is 58.3 Å². The van der Waals surface area contributed by atoms with E-state index in [2.05, 4.69) is 19.2 Å². The summed E-state index contributed by atoms with van der Waals surface area (Å²) in [5.41, 5.74) is 11.6. The van der Waals surface area contributed by atoms with Crippen molar-refractivity contribution in [1.29, 1.82) is 0 Å². The molecule has 0 heterocycles. The van der Waals surface area contributed by atoms with Crippen LogP contribution in [0.25, 0.3) is 0 Å². The SMILES string of the molecule is CCCC(CO)C(Nc1cc(N)ccc1C)=C1CCC1. The minimum atomic E-state index is 0.209. The maximum absolute atomic E-state index is 9.70. The number of nitrogens with two attached hydrogens (primary N) is 1. The fourth-order valence-corrected chi connectivity index (χ4v) is 2.70. The lowest BCUT2D eigenvalue weighted by Crippen LogP contribution is -2.21. The second kappa shape index (κ2) is 6.80. The molecule has 0 aliphatic heterocycles.